The topological polar surface area (TPSA) is 33.7 Å². The molecule has 1 N–H and O–H groups in total. The highest BCUT2D eigenvalue weighted by molar-refractivity contribution is 14.1. The van der Waals surface area contributed by atoms with Crippen LogP contribution in [-0.2, 0) is 6.54 Å². The first-order chi connectivity index (χ1) is 10.6. The molecule has 0 saturated heterocycles. The summed E-state index contributed by atoms with van der Waals surface area (Å²) in [4.78, 5) is 2.17. The summed E-state index contributed by atoms with van der Waals surface area (Å²) in [6, 6.07) is 4.27. The second-order valence-electron chi connectivity index (χ2n) is 5.52. The zero-order valence-electron chi connectivity index (χ0n) is 14.7. The lowest BCUT2D eigenvalue weighted by Gasteiger charge is -2.16. The fourth-order valence-corrected chi connectivity index (χ4v) is 2.80. The highest BCUT2D eigenvalue weighted by atomic mass is 127. The number of benzene rings is 1. The van der Waals surface area contributed by atoms with Crippen LogP contribution >= 0.6 is 35.0 Å². The summed E-state index contributed by atoms with van der Waals surface area (Å²) in [7, 11) is 4.17. The third-order valence-corrected chi connectivity index (χ3v) is 3.98. The van der Waals surface area contributed by atoms with E-state index in [2.05, 4.69) is 66.0 Å². The van der Waals surface area contributed by atoms with Crippen molar-refractivity contribution >= 4 is 35.0 Å². The molecule has 1 rings (SSSR count). The second-order valence-corrected chi connectivity index (χ2v) is 6.68. The maximum absolute atomic E-state index is 5.91. The van der Waals surface area contributed by atoms with Crippen molar-refractivity contribution in [2.75, 3.05) is 40.4 Å². The normalized spacial score (nSPS) is 10.5. The van der Waals surface area contributed by atoms with E-state index in [1.165, 1.54) is 5.56 Å². The molecule has 1 aromatic rings. The molecular formula is C17H30ClIN2O2. The molecule has 0 saturated carbocycles. The molecule has 0 amide bonds. The Balaban J connectivity index is 0.00000484. The van der Waals surface area contributed by atoms with Crippen molar-refractivity contribution in [1.29, 1.82) is 0 Å². The molecule has 0 fully saturated rings. The van der Waals surface area contributed by atoms with Crippen molar-refractivity contribution < 1.29 is 9.47 Å². The molecule has 134 valence electrons. The maximum Gasteiger partial charge on any atom is 0.174 e. The van der Waals surface area contributed by atoms with Crippen LogP contribution in [0.5, 0.6) is 11.5 Å². The van der Waals surface area contributed by atoms with Gasteiger partial charge in [-0.1, -0.05) is 13.3 Å². The minimum atomic E-state index is 0. The standard InChI is InChI=1S/C17H29IN2O2.ClH/c1-5-7-10-22-17-15(18)11-14(12-16(17)21-6-2)13-19-8-9-20(3)4;/h11-12,19H,5-10,13H2,1-4H3;1H. The quantitative estimate of drug-likeness (QED) is 0.404. The molecule has 0 spiro atoms. The summed E-state index contributed by atoms with van der Waals surface area (Å²) in [5.41, 5.74) is 1.23. The van der Waals surface area contributed by atoms with Gasteiger partial charge in [0.2, 0.25) is 0 Å². The molecule has 23 heavy (non-hydrogen) atoms. The van der Waals surface area contributed by atoms with Crippen LogP contribution in [0.2, 0.25) is 0 Å². The van der Waals surface area contributed by atoms with E-state index in [0.717, 1.165) is 54.2 Å². The summed E-state index contributed by atoms with van der Waals surface area (Å²) in [5.74, 6) is 1.74. The smallest absolute Gasteiger partial charge is 0.174 e. The average Bonchev–Trinajstić information content (AvgIpc) is 2.46. The van der Waals surface area contributed by atoms with Gasteiger partial charge >= 0.3 is 0 Å². The maximum atomic E-state index is 5.91. The largest absolute Gasteiger partial charge is 0.490 e. The lowest BCUT2D eigenvalue weighted by molar-refractivity contribution is 0.270. The van der Waals surface area contributed by atoms with E-state index in [9.17, 15) is 0 Å². The van der Waals surface area contributed by atoms with E-state index in [0.29, 0.717) is 6.61 Å². The summed E-state index contributed by atoms with van der Waals surface area (Å²) < 4.78 is 12.8. The van der Waals surface area contributed by atoms with Gasteiger partial charge in [-0.25, -0.2) is 0 Å². The predicted octanol–water partition coefficient (Wildman–Crippen LogP) is 3.94. The Kier molecular flexibility index (Phi) is 13.0. The molecule has 6 heteroatoms. The van der Waals surface area contributed by atoms with E-state index < -0.39 is 0 Å². The lowest BCUT2D eigenvalue weighted by Crippen LogP contribution is -2.26. The van der Waals surface area contributed by atoms with Crippen LogP contribution in [0.1, 0.15) is 32.3 Å². The predicted molar refractivity (Wildman–Crippen MR) is 108 cm³/mol. The number of nitrogens with zero attached hydrogens (tertiary/aromatic N) is 1. The average molecular weight is 457 g/mol. The number of ether oxygens (including phenoxy) is 2. The van der Waals surface area contributed by atoms with Gasteiger partial charge in [-0.05, 0) is 67.7 Å². The number of halogens is 2. The highest BCUT2D eigenvalue weighted by Gasteiger charge is 2.12. The number of rotatable bonds is 11. The molecular weight excluding hydrogens is 427 g/mol. The Bertz CT molecular complexity index is 445. The molecule has 0 radical (unpaired) electrons. The zero-order chi connectivity index (χ0) is 16.4. The molecule has 0 atom stereocenters. The minimum Gasteiger partial charge on any atom is -0.490 e. The SMILES string of the molecule is CCCCOc1c(I)cc(CNCCN(C)C)cc1OCC.Cl. The zero-order valence-corrected chi connectivity index (χ0v) is 17.6. The van der Waals surface area contributed by atoms with Gasteiger partial charge in [-0.15, -0.1) is 12.4 Å². The van der Waals surface area contributed by atoms with Gasteiger partial charge in [0, 0.05) is 19.6 Å². The van der Waals surface area contributed by atoms with Gasteiger partial charge in [0.05, 0.1) is 16.8 Å². The molecule has 0 aliphatic carbocycles. The first-order valence-electron chi connectivity index (χ1n) is 8.01. The van der Waals surface area contributed by atoms with Crippen LogP contribution in [0.4, 0.5) is 0 Å². The van der Waals surface area contributed by atoms with Gasteiger partial charge in [0.15, 0.2) is 11.5 Å². The van der Waals surface area contributed by atoms with Crippen molar-refractivity contribution in [3.8, 4) is 11.5 Å². The Labute approximate surface area is 160 Å². The van der Waals surface area contributed by atoms with Gasteiger partial charge in [0.25, 0.3) is 0 Å². The summed E-state index contributed by atoms with van der Waals surface area (Å²) in [6.07, 6.45) is 2.20. The summed E-state index contributed by atoms with van der Waals surface area (Å²) >= 11 is 2.33. The number of unbranched alkanes of at least 4 members (excludes halogenated alkanes) is 1. The van der Waals surface area contributed by atoms with Gasteiger partial charge in [0.1, 0.15) is 0 Å². The van der Waals surface area contributed by atoms with E-state index in [4.69, 9.17) is 9.47 Å². The molecule has 0 aliphatic rings. The Morgan fingerprint density at radius 2 is 1.91 bits per heavy atom. The van der Waals surface area contributed by atoms with Crippen molar-refractivity contribution in [3.05, 3.63) is 21.3 Å². The number of nitrogens with one attached hydrogen (secondary N) is 1. The summed E-state index contributed by atoms with van der Waals surface area (Å²) in [5, 5.41) is 3.46. The first-order valence-corrected chi connectivity index (χ1v) is 9.09. The number of likely N-dealkylation sites (N-methyl/N-ethyl adjacent to an activating group) is 1. The van der Waals surface area contributed by atoms with Gasteiger partial charge in [-0.2, -0.15) is 0 Å². The first kappa shape index (κ1) is 22.8. The molecule has 0 bridgehead atoms. The molecule has 4 nitrogen and oxygen atoms in total. The fraction of sp³-hybridized carbons (Fsp3) is 0.647. The summed E-state index contributed by atoms with van der Waals surface area (Å²) in [6.45, 7) is 8.42. The molecule has 0 unspecified atom stereocenters. The Hall–Kier alpha value is -0.240. The van der Waals surface area contributed by atoms with Crippen molar-refractivity contribution in [2.24, 2.45) is 0 Å². The third kappa shape index (κ3) is 8.98. The minimum absolute atomic E-state index is 0. The van der Waals surface area contributed by atoms with Crippen molar-refractivity contribution in [1.82, 2.24) is 10.2 Å². The van der Waals surface area contributed by atoms with Crippen LogP contribution in [0, 0.1) is 3.57 Å². The van der Waals surface area contributed by atoms with Crippen molar-refractivity contribution in [3.63, 3.8) is 0 Å². The van der Waals surface area contributed by atoms with Crippen LogP contribution in [0.25, 0.3) is 0 Å². The highest BCUT2D eigenvalue weighted by Crippen LogP contribution is 2.34. The van der Waals surface area contributed by atoms with Crippen LogP contribution in [-0.4, -0.2) is 45.3 Å². The van der Waals surface area contributed by atoms with Crippen LogP contribution in [0.15, 0.2) is 12.1 Å². The molecule has 1 aromatic carbocycles. The molecule has 0 aromatic heterocycles. The third-order valence-electron chi connectivity index (χ3n) is 3.18. The fourth-order valence-electron chi connectivity index (χ4n) is 1.98. The van der Waals surface area contributed by atoms with E-state index in [1.807, 2.05) is 6.92 Å². The Morgan fingerprint density at radius 1 is 1.17 bits per heavy atom. The van der Waals surface area contributed by atoms with E-state index >= 15 is 0 Å². The van der Waals surface area contributed by atoms with Crippen LogP contribution < -0.4 is 14.8 Å². The Morgan fingerprint density at radius 3 is 2.52 bits per heavy atom. The van der Waals surface area contributed by atoms with Crippen molar-refractivity contribution in [2.45, 2.75) is 33.2 Å². The number of hydrogen-bond acceptors (Lipinski definition) is 4. The van der Waals surface area contributed by atoms with Crippen LogP contribution in [0.3, 0.4) is 0 Å². The monoisotopic (exact) mass is 456 g/mol. The molecule has 0 heterocycles. The molecule has 0 aliphatic heterocycles. The van der Waals surface area contributed by atoms with Gasteiger partial charge in [-0.3, -0.25) is 0 Å². The van der Waals surface area contributed by atoms with E-state index in [-0.39, 0.29) is 12.4 Å². The lowest BCUT2D eigenvalue weighted by atomic mass is 10.2. The second kappa shape index (κ2) is 13.1. The van der Waals surface area contributed by atoms with E-state index in [1.54, 1.807) is 0 Å². The van der Waals surface area contributed by atoms with Gasteiger partial charge < -0.3 is 19.7 Å². The number of hydrogen-bond donors (Lipinski definition) is 1.